The van der Waals surface area contributed by atoms with Crippen molar-refractivity contribution in [1.82, 2.24) is 15.1 Å². The summed E-state index contributed by atoms with van der Waals surface area (Å²) in [5.41, 5.74) is 5.34. The lowest BCUT2D eigenvalue weighted by molar-refractivity contribution is -0.122. The minimum Gasteiger partial charge on any atom is -0.396 e. The Kier molecular flexibility index (Phi) is 4.51. The smallest absolute Gasteiger partial charge is 0.241 e. The van der Waals surface area contributed by atoms with Crippen LogP contribution in [0.3, 0.4) is 0 Å². The Labute approximate surface area is 101 Å². The van der Waals surface area contributed by atoms with Gasteiger partial charge in [0.25, 0.3) is 0 Å². The second-order valence-corrected chi connectivity index (χ2v) is 4.85. The van der Waals surface area contributed by atoms with Crippen LogP contribution in [0.5, 0.6) is 0 Å². The number of amides is 1. The van der Waals surface area contributed by atoms with E-state index in [1.807, 2.05) is 13.8 Å². The maximum Gasteiger partial charge on any atom is 0.241 e. The fraction of sp³-hybridized carbons (Fsp3) is 0.636. The van der Waals surface area contributed by atoms with Gasteiger partial charge in [-0.15, -0.1) is 0 Å². The minimum atomic E-state index is -0.112. The molecule has 4 N–H and O–H groups in total. The first-order valence-corrected chi connectivity index (χ1v) is 5.59. The van der Waals surface area contributed by atoms with E-state index in [0.29, 0.717) is 18.8 Å². The van der Waals surface area contributed by atoms with Crippen molar-refractivity contribution in [2.75, 3.05) is 18.9 Å². The molecular weight excluding hydrogens is 220 g/mol. The summed E-state index contributed by atoms with van der Waals surface area (Å²) < 4.78 is 1.49. The van der Waals surface area contributed by atoms with Crippen LogP contribution in [-0.4, -0.2) is 33.9 Å². The Morgan fingerprint density at radius 2 is 2.35 bits per heavy atom. The molecule has 0 aliphatic heterocycles. The molecular formula is C11H20N4O2. The number of rotatable bonds is 6. The van der Waals surface area contributed by atoms with Crippen LogP contribution in [0.2, 0.25) is 0 Å². The highest BCUT2D eigenvalue weighted by molar-refractivity contribution is 5.75. The fourth-order valence-electron chi connectivity index (χ4n) is 1.40. The summed E-state index contributed by atoms with van der Waals surface area (Å²) in [6.07, 6.45) is 2.32. The fourth-order valence-corrected chi connectivity index (χ4v) is 1.40. The zero-order valence-electron chi connectivity index (χ0n) is 10.3. The van der Waals surface area contributed by atoms with Gasteiger partial charge in [0.2, 0.25) is 5.91 Å². The molecule has 0 saturated carbocycles. The number of hydrogen-bond acceptors (Lipinski definition) is 4. The molecule has 0 fully saturated rings. The molecule has 0 spiro atoms. The number of aliphatic hydroxyl groups is 1. The highest BCUT2D eigenvalue weighted by Gasteiger charge is 2.18. The maximum absolute atomic E-state index is 11.6. The van der Waals surface area contributed by atoms with E-state index in [4.69, 9.17) is 10.8 Å². The first kappa shape index (κ1) is 13.5. The van der Waals surface area contributed by atoms with Crippen LogP contribution in [0, 0.1) is 5.41 Å². The van der Waals surface area contributed by atoms with Crippen LogP contribution in [0.15, 0.2) is 12.3 Å². The van der Waals surface area contributed by atoms with Gasteiger partial charge in [0.15, 0.2) is 0 Å². The van der Waals surface area contributed by atoms with Crippen molar-refractivity contribution >= 4 is 11.7 Å². The van der Waals surface area contributed by atoms with Crippen molar-refractivity contribution in [2.24, 2.45) is 5.41 Å². The minimum absolute atomic E-state index is 0.104. The molecule has 17 heavy (non-hydrogen) atoms. The summed E-state index contributed by atoms with van der Waals surface area (Å²) in [6.45, 7) is 4.80. The zero-order chi connectivity index (χ0) is 12.9. The summed E-state index contributed by atoms with van der Waals surface area (Å²) in [5.74, 6) is 0.289. The third-order valence-electron chi connectivity index (χ3n) is 2.52. The van der Waals surface area contributed by atoms with E-state index in [-0.39, 0.29) is 24.5 Å². The molecule has 6 heteroatoms. The molecule has 1 amide bonds. The monoisotopic (exact) mass is 240 g/mol. The molecule has 1 aromatic rings. The SMILES string of the molecule is CC(C)(CCO)CNC(=O)Cn1ccc(N)n1. The Bertz CT molecular complexity index is 373. The number of carbonyl (C=O) groups excluding carboxylic acids is 1. The third-order valence-corrected chi connectivity index (χ3v) is 2.52. The Morgan fingerprint density at radius 1 is 1.65 bits per heavy atom. The molecule has 0 aromatic carbocycles. The number of nitrogens with one attached hydrogen (secondary N) is 1. The second kappa shape index (κ2) is 5.67. The quantitative estimate of drug-likeness (QED) is 0.652. The Morgan fingerprint density at radius 3 is 2.88 bits per heavy atom. The van der Waals surface area contributed by atoms with E-state index >= 15 is 0 Å². The molecule has 0 unspecified atom stereocenters. The number of hydrogen-bond donors (Lipinski definition) is 3. The molecule has 6 nitrogen and oxygen atoms in total. The molecule has 1 aromatic heterocycles. The number of anilines is 1. The van der Waals surface area contributed by atoms with E-state index in [1.165, 1.54) is 4.68 Å². The summed E-state index contributed by atoms with van der Waals surface area (Å²) in [5, 5.41) is 15.6. The topological polar surface area (TPSA) is 93.2 Å². The molecule has 0 aliphatic rings. The number of nitrogens with two attached hydrogens (primary N) is 1. The van der Waals surface area contributed by atoms with Crippen molar-refractivity contribution < 1.29 is 9.90 Å². The van der Waals surface area contributed by atoms with Crippen molar-refractivity contribution in [3.8, 4) is 0 Å². The molecule has 96 valence electrons. The van der Waals surface area contributed by atoms with Crippen molar-refractivity contribution in [1.29, 1.82) is 0 Å². The molecule has 0 aliphatic carbocycles. The van der Waals surface area contributed by atoms with Crippen molar-refractivity contribution in [3.05, 3.63) is 12.3 Å². The number of aliphatic hydroxyl groups excluding tert-OH is 1. The summed E-state index contributed by atoms with van der Waals surface area (Å²) in [6, 6.07) is 1.64. The molecule has 0 radical (unpaired) electrons. The van der Waals surface area contributed by atoms with Crippen molar-refractivity contribution in [3.63, 3.8) is 0 Å². The van der Waals surface area contributed by atoms with E-state index in [1.54, 1.807) is 12.3 Å². The largest absolute Gasteiger partial charge is 0.396 e. The lowest BCUT2D eigenvalue weighted by Gasteiger charge is -2.23. The maximum atomic E-state index is 11.6. The van der Waals surface area contributed by atoms with E-state index in [9.17, 15) is 4.79 Å². The van der Waals surface area contributed by atoms with Gasteiger partial charge in [-0.05, 0) is 17.9 Å². The number of aromatic nitrogens is 2. The number of nitrogens with zero attached hydrogens (tertiary/aromatic N) is 2. The van der Waals surface area contributed by atoms with Gasteiger partial charge in [0.05, 0.1) is 0 Å². The highest BCUT2D eigenvalue weighted by Crippen LogP contribution is 2.17. The van der Waals surface area contributed by atoms with Gasteiger partial charge in [-0.3, -0.25) is 9.48 Å². The number of nitrogen functional groups attached to an aromatic ring is 1. The molecule has 1 rings (SSSR count). The standard InChI is InChI=1S/C11H20N4O2/c1-11(2,4-6-16)8-13-10(17)7-15-5-3-9(12)14-15/h3,5,16H,4,6-8H2,1-2H3,(H2,12,14)(H,13,17). The van der Waals surface area contributed by atoms with Crippen LogP contribution in [0.25, 0.3) is 0 Å². The van der Waals surface area contributed by atoms with E-state index < -0.39 is 0 Å². The lowest BCUT2D eigenvalue weighted by atomic mass is 9.90. The predicted molar refractivity (Wildman–Crippen MR) is 65.1 cm³/mol. The highest BCUT2D eigenvalue weighted by atomic mass is 16.3. The molecule has 0 saturated heterocycles. The summed E-state index contributed by atoms with van der Waals surface area (Å²) in [7, 11) is 0. The van der Waals surface area contributed by atoms with Crippen molar-refractivity contribution in [2.45, 2.75) is 26.8 Å². The van der Waals surface area contributed by atoms with Crippen LogP contribution >= 0.6 is 0 Å². The normalized spacial score (nSPS) is 11.5. The third kappa shape index (κ3) is 4.86. The molecule has 1 heterocycles. The Hall–Kier alpha value is -1.56. The second-order valence-electron chi connectivity index (χ2n) is 4.85. The van der Waals surface area contributed by atoms with Gasteiger partial charge in [0.1, 0.15) is 12.4 Å². The molecule has 0 atom stereocenters. The van der Waals surface area contributed by atoms with E-state index in [2.05, 4.69) is 10.4 Å². The van der Waals surface area contributed by atoms with Gasteiger partial charge < -0.3 is 16.2 Å². The average molecular weight is 240 g/mol. The van der Waals surface area contributed by atoms with Gasteiger partial charge >= 0.3 is 0 Å². The molecule has 0 bridgehead atoms. The van der Waals surface area contributed by atoms with Crippen LogP contribution in [0.1, 0.15) is 20.3 Å². The summed E-state index contributed by atoms with van der Waals surface area (Å²) in [4.78, 5) is 11.6. The summed E-state index contributed by atoms with van der Waals surface area (Å²) >= 11 is 0. The first-order valence-electron chi connectivity index (χ1n) is 5.59. The predicted octanol–water partition coefficient (Wildman–Crippen LogP) is -0.00990. The average Bonchev–Trinajstić information content (AvgIpc) is 2.61. The van der Waals surface area contributed by atoms with Gasteiger partial charge in [-0.2, -0.15) is 5.10 Å². The zero-order valence-corrected chi connectivity index (χ0v) is 10.3. The van der Waals surface area contributed by atoms with Gasteiger partial charge in [-0.25, -0.2) is 0 Å². The van der Waals surface area contributed by atoms with Crippen LogP contribution < -0.4 is 11.1 Å². The number of carbonyl (C=O) groups is 1. The van der Waals surface area contributed by atoms with Crippen LogP contribution in [0.4, 0.5) is 5.82 Å². The van der Waals surface area contributed by atoms with Crippen LogP contribution in [-0.2, 0) is 11.3 Å². The van der Waals surface area contributed by atoms with E-state index in [0.717, 1.165) is 0 Å². The lowest BCUT2D eigenvalue weighted by Crippen LogP contribution is -2.36. The van der Waals surface area contributed by atoms with Gasteiger partial charge in [0, 0.05) is 19.3 Å². The Balaban J connectivity index is 2.35. The van der Waals surface area contributed by atoms with Gasteiger partial charge in [-0.1, -0.05) is 13.8 Å². The first-order chi connectivity index (χ1) is 7.93.